The Morgan fingerprint density at radius 1 is 1.40 bits per heavy atom. The van der Waals surface area contributed by atoms with Crippen LogP contribution in [0.1, 0.15) is 63.4 Å². The zero-order valence-electron chi connectivity index (χ0n) is 13.6. The average Bonchev–Trinajstić information content (AvgIpc) is 3.04. The highest BCUT2D eigenvalue weighted by Crippen LogP contribution is 2.36. The summed E-state index contributed by atoms with van der Waals surface area (Å²) in [6.07, 6.45) is 3.78. The topological polar surface area (TPSA) is 28.2 Å². The summed E-state index contributed by atoms with van der Waals surface area (Å²) in [5.74, 6) is 1.27. The van der Waals surface area contributed by atoms with Gasteiger partial charge in [-0.05, 0) is 38.1 Å². The van der Waals surface area contributed by atoms with Crippen molar-refractivity contribution >= 4 is 16.5 Å². The SMILES string of the molecule is CCC(C)c1nc(N2CCCC2C(C)C)sc1CNC. The zero-order chi connectivity index (χ0) is 14.7. The first kappa shape index (κ1) is 15.8. The van der Waals surface area contributed by atoms with Gasteiger partial charge in [-0.1, -0.05) is 27.7 Å². The van der Waals surface area contributed by atoms with Crippen LogP contribution in [0.5, 0.6) is 0 Å². The van der Waals surface area contributed by atoms with Crippen molar-refractivity contribution in [3.8, 4) is 0 Å². The van der Waals surface area contributed by atoms with Gasteiger partial charge in [-0.15, -0.1) is 11.3 Å². The van der Waals surface area contributed by atoms with Gasteiger partial charge in [-0.25, -0.2) is 4.98 Å². The van der Waals surface area contributed by atoms with Crippen molar-refractivity contribution in [3.63, 3.8) is 0 Å². The highest BCUT2D eigenvalue weighted by atomic mass is 32.1. The molecule has 1 fully saturated rings. The molecule has 2 atom stereocenters. The minimum atomic E-state index is 0.559. The van der Waals surface area contributed by atoms with Gasteiger partial charge in [0.15, 0.2) is 5.13 Å². The van der Waals surface area contributed by atoms with Crippen LogP contribution in [-0.4, -0.2) is 24.6 Å². The summed E-state index contributed by atoms with van der Waals surface area (Å²) in [6.45, 7) is 11.3. The number of nitrogens with zero attached hydrogens (tertiary/aromatic N) is 2. The van der Waals surface area contributed by atoms with E-state index in [2.05, 4.69) is 37.9 Å². The van der Waals surface area contributed by atoms with E-state index < -0.39 is 0 Å². The Morgan fingerprint density at radius 2 is 2.15 bits per heavy atom. The van der Waals surface area contributed by atoms with E-state index >= 15 is 0 Å². The molecule has 0 saturated carbocycles. The molecule has 1 aromatic rings. The molecular weight excluding hydrogens is 266 g/mol. The first-order valence-corrected chi connectivity index (χ1v) is 8.80. The fourth-order valence-electron chi connectivity index (χ4n) is 3.06. The average molecular weight is 295 g/mol. The van der Waals surface area contributed by atoms with E-state index in [1.54, 1.807) is 0 Å². The maximum absolute atomic E-state index is 5.02. The van der Waals surface area contributed by atoms with E-state index in [0.717, 1.165) is 13.0 Å². The third-order valence-corrected chi connectivity index (χ3v) is 5.56. The van der Waals surface area contributed by atoms with Crippen LogP contribution in [0.25, 0.3) is 0 Å². The van der Waals surface area contributed by atoms with Gasteiger partial charge in [0.2, 0.25) is 0 Å². The molecule has 0 aromatic carbocycles. The lowest BCUT2D eigenvalue weighted by Gasteiger charge is -2.27. The summed E-state index contributed by atoms with van der Waals surface area (Å²) < 4.78 is 0. The van der Waals surface area contributed by atoms with Crippen LogP contribution in [-0.2, 0) is 6.54 Å². The monoisotopic (exact) mass is 295 g/mol. The summed E-state index contributed by atoms with van der Waals surface area (Å²) in [6, 6.07) is 0.674. The van der Waals surface area contributed by atoms with Gasteiger partial charge in [-0.2, -0.15) is 0 Å². The van der Waals surface area contributed by atoms with Gasteiger partial charge >= 0.3 is 0 Å². The first-order chi connectivity index (χ1) is 9.58. The van der Waals surface area contributed by atoms with Crippen molar-refractivity contribution in [1.82, 2.24) is 10.3 Å². The van der Waals surface area contributed by atoms with E-state index in [9.17, 15) is 0 Å². The van der Waals surface area contributed by atoms with Gasteiger partial charge in [0.05, 0.1) is 5.69 Å². The molecule has 1 aromatic heterocycles. The van der Waals surface area contributed by atoms with Crippen LogP contribution < -0.4 is 10.2 Å². The Balaban J connectivity index is 2.28. The maximum atomic E-state index is 5.02. The Labute approximate surface area is 127 Å². The fourth-order valence-corrected chi connectivity index (χ4v) is 4.34. The molecule has 0 amide bonds. The summed E-state index contributed by atoms with van der Waals surface area (Å²) >= 11 is 1.90. The summed E-state index contributed by atoms with van der Waals surface area (Å²) in [5.41, 5.74) is 1.32. The second kappa shape index (κ2) is 6.90. The van der Waals surface area contributed by atoms with Crippen LogP contribution >= 0.6 is 11.3 Å². The number of anilines is 1. The van der Waals surface area contributed by atoms with Crippen LogP contribution in [0, 0.1) is 5.92 Å². The van der Waals surface area contributed by atoms with E-state index in [1.807, 2.05) is 18.4 Å². The number of hydrogen-bond acceptors (Lipinski definition) is 4. The third kappa shape index (κ3) is 3.17. The smallest absolute Gasteiger partial charge is 0.186 e. The molecule has 1 N–H and O–H groups in total. The van der Waals surface area contributed by atoms with Crippen LogP contribution in [0.3, 0.4) is 0 Å². The summed E-state index contributed by atoms with van der Waals surface area (Å²) in [7, 11) is 2.02. The number of rotatable bonds is 6. The molecule has 0 spiro atoms. The standard InChI is InChI=1S/C16H29N3S/c1-6-12(4)15-14(10-17-5)20-16(18-15)19-9-7-8-13(19)11(2)3/h11-13,17H,6-10H2,1-5H3. The molecule has 0 bridgehead atoms. The van der Waals surface area contributed by atoms with Crippen LogP contribution in [0.2, 0.25) is 0 Å². The fraction of sp³-hybridized carbons (Fsp3) is 0.812. The van der Waals surface area contributed by atoms with Gasteiger partial charge in [0, 0.05) is 24.0 Å². The lowest BCUT2D eigenvalue weighted by atomic mass is 10.0. The molecule has 2 heterocycles. The van der Waals surface area contributed by atoms with Gasteiger partial charge in [0.1, 0.15) is 0 Å². The van der Waals surface area contributed by atoms with Crippen LogP contribution in [0.15, 0.2) is 0 Å². The normalized spacial score (nSPS) is 20.9. The Hall–Kier alpha value is -0.610. The van der Waals surface area contributed by atoms with E-state index in [-0.39, 0.29) is 0 Å². The van der Waals surface area contributed by atoms with Crippen molar-refractivity contribution in [2.45, 2.75) is 65.5 Å². The van der Waals surface area contributed by atoms with Crippen molar-refractivity contribution in [3.05, 3.63) is 10.6 Å². The molecule has 0 aliphatic carbocycles. The predicted octanol–water partition coefficient (Wildman–Crippen LogP) is 4.00. The largest absolute Gasteiger partial charge is 0.345 e. The maximum Gasteiger partial charge on any atom is 0.186 e. The second-order valence-electron chi connectivity index (χ2n) is 6.29. The zero-order valence-corrected chi connectivity index (χ0v) is 14.4. The Morgan fingerprint density at radius 3 is 2.75 bits per heavy atom. The summed E-state index contributed by atoms with van der Waals surface area (Å²) in [4.78, 5) is 9.00. The van der Waals surface area contributed by atoms with E-state index in [0.29, 0.717) is 17.9 Å². The number of nitrogens with one attached hydrogen (secondary N) is 1. The van der Waals surface area contributed by atoms with E-state index in [1.165, 1.54) is 35.1 Å². The van der Waals surface area contributed by atoms with Gasteiger partial charge in [0.25, 0.3) is 0 Å². The Kier molecular flexibility index (Phi) is 5.44. The molecule has 114 valence electrons. The molecule has 1 aliphatic rings. The van der Waals surface area contributed by atoms with Gasteiger partial charge in [-0.3, -0.25) is 0 Å². The van der Waals surface area contributed by atoms with Crippen molar-refractivity contribution < 1.29 is 0 Å². The van der Waals surface area contributed by atoms with Crippen molar-refractivity contribution in [1.29, 1.82) is 0 Å². The summed E-state index contributed by atoms with van der Waals surface area (Å²) in [5, 5.41) is 4.54. The highest BCUT2D eigenvalue weighted by Gasteiger charge is 2.30. The predicted molar refractivity (Wildman–Crippen MR) is 88.8 cm³/mol. The number of aromatic nitrogens is 1. The number of thiazole rings is 1. The lowest BCUT2D eigenvalue weighted by Crippen LogP contribution is -2.33. The lowest BCUT2D eigenvalue weighted by molar-refractivity contribution is 0.491. The first-order valence-electron chi connectivity index (χ1n) is 7.99. The molecule has 2 rings (SSSR count). The minimum absolute atomic E-state index is 0.559. The molecule has 4 heteroatoms. The van der Waals surface area contributed by atoms with Crippen molar-refractivity contribution in [2.24, 2.45) is 5.92 Å². The van der Waals surface area contributed by atoms with Crippen molar-refractivity contribution in [2.75, 3.05) is 18.5 Å². The molecule has 2 unspecified atom stereocenters. The second-order valence-corrected chi connectivity index (χ2v) is 7.35. The third-order valence-electron chi connectivity index (χ3n) is 4.45. The molecular formula is C16H29N3S. The molecule has 3 nitrogen and oxygen atoms in total. The minimum Gasteiger partial charge on any atom is -0.345 e. The van der Waals surface area contributed by atoms with E-state index in [4.69, 9.17) is 4.98 Å². The van der Waals surface area contributed by atoms with Crippen LogP contribution in [0.4, 0.5) is 5.13 Å². The molecule has 1 saturated heterocycles. The number of hydrogen-bond donors (Lipinski definition) is 1. The quantitative estimate of drug-likeness (QED) is 0.860. The molecule has 0 radical (unpaired) electrons. The Bertz CT molecular complexity index is 427. The molecule has 1 aliphatic heterocycles. The van der Waals surface area contributed by atoms with Gasteiger partial charge < -0.3 is 10.2 Å². The molecule has 20 heavy (non-hydrogen) atoms. The highest BCUT2D eigenvalue weighted by molar-refractivity contribution is 7.15.